The summed E-state index contributed by atoms with van der Waals surface area (Å²) in [6, 6.07) is 1.41. The van der Waals surface area contributed by atoms with Crippen LogP contribution in [0, 0.1) is 0 Å². The van der Waals surface area contributed by atoms with Crippen LogP contribution in [-0.2, 0) is 4.79 Å². The van der Waals surface area contributed by atoms with Gasteiger partial charge in [-0.25, -0.2) is 0 Å². The van der Waals surface area contributed by atoms with Crippen molar-refractivity contribution in [1.82, 2.24) is 10.3 Å². The number of hydrogen-bond acceptors (Lipinski definition) is 3. The molecule has 17 heavy (non-hydrogen) atoms. The fourth-order valence-electron chi connectivity index (χ4n) is 1.13. The number of halogens is 1. The van der Waals surface area contributed by atoms with Gasteiger partial charge in [0.1, 0.15) is 0 Å². The van der Waals surface area contributed by atoms with E-state index < -0.39 is 5.97 Å². The number of hydrogen-bond donors (Lipinski definition) is 3. The number of aliphatic carboxylic acids is 1. The summed E-state index contributed by atoms with van der Waals surface area (Å²) in [4.78, 5) is 35.2. The molecule has 92 valence electrons. The van der Waals surface area contributed by atoms with Gasteiger partial charge >= 0.3 is 5.97 Å². The van der Waals surface area contributed by atoms with Crippen molar-refractivity contribution in [3.05, 3.63) is 32.7 Å². The van der Waals surface area contributed by atoms with Crippen molar-refractivity contribution < 1.29 is 14.7 Å². The summed E-state index contributed by atoms with van der Waals surface area (Å²) in [5.41, 5.74) is -0.000716. The number of rotatable bonds is 5. The second kappa shape index (κ2) is 6.19. The molecular weight excluding hydrogens is 292 g/mol. The first kappa shape index (κ1) is 13.4. The Morgan fingerprint density at radius 2 is 2.18 bits per heavy atom. The van der Waals surface area contributed by atoms with Crippen LogP contribution in [0.5, 0.6) is 0 Å². The smallest absolute Gasteiger partial charge is 0.303 e. The van der Waals surface area contributed by atoms with Gasteiger partial charge in [-0.3, -0.25) is 14.4 Å². The van der Waals surface area contributed by atoms with Gasteiger partial charge in [0, 0.05) is 19.2 Å². The topological polar surface area (TPSA) is 99.3 Å². The number of nitrogens with one attached hydrogen (secondary N) is 2. The van der Waals surface area contributed by atoms with E-state index in [-0.39, 0.29) is 28.9 Å². The van der Waals surface area contributed by atoms with E-state index in [2.05, 4.69) is 26.2 Å². The van der Waals surface area contributed by atoms with E-state index >= 15 is 0 Å². The summed E-state index contributed by atoms with van der Waals surface area (Å²) in [6.45, 7) is 0.280. The van der Waals surface area contributed by atoms with E-state index in [9.17, 15) is 14.4 Å². The van der Waals surface area contributed by atoms with Crippen molar-refractivity contribution in [3.8, 4) is 0 Å². The number of H-pyrrole nitrogens is 1. The Morgan fingerprint density at radius 1 is 1.47 bits per heavy atom. The van der Waals surface area contributed by atoms with Gasteiger partial charge in [-0.15, -0.1) is 0 Å². The second-order valence-corrected chi connectivity index (χ2v) is 4.17. The molecule has 0 unspecified atom stereocenters. The van der Waals surface area contributed by atoms with Gasteiger partial charge in [0.15, 0.2) is 0 Å². The maximum absolute atomic E-state index is 11.6. The Hall–Kier alpha value is -1.63. The van der Waals surface area contributed by atoms with Gasteiger partial charge < -0.3 is 15.4 Å². The summed E-state index contributed by atoms with van der Waals surface area (Å²) >= 11 is 3.01. The molecule has 0 aliphatic carbocycles. The SMILES string of the molecule is O=C(O)CCCNC(=O)c1c[nH]c(=O)c(Br)c1. The zero-order valence-electron chi connectivity index (χ0n) is 8.83. The predicted octanol–water partition coefficient (Wildman–Crippen LogP) is 0.732. The number of carbonyl (C=O) groups excluding carboxylic acids is 1. The van der Waals surface area contributed by atoms with Crippen molar-refractivity contribution >= 4 is 27.8 Å². The first-order valence-electron chi connectivity index (χ1n) is 4.89. The van der Waals surface area contributed by atoms with Crippen LogP contribution >= 0.6 is 15.9 Å². The monoisotopic (exact) mass is 302 g/mol. The minimum atomic E-state index is -0.897. The van der Waals surface area contributed by atoms with E-state index in [0.717, 1.165) is 0 Å². The molecule has 1 heterocycles. The molecule has 6 nitrogen and oxygen atoms in total. The number of carboxylic acid groups (broad SMARTS) is 1. The maximum Gasteiger partial charge on any atom is 0.303 e. The highest BCUT2D eigenvalue weighted by molar-refractivity contribution is 9.10. The van der Waals surface area contributed by atoms with Crippen LogP contribution in [0.2, 0.25) is 0 Å². The van der Waals surface area contributed by atoms with Gasteiger partial charge in [0.2, 0.25) is 0 Å². The molecule has 0 spiro atoms. The number of amides is 1. The Labute approximate surface area is 105 Å². The largest absolute Gasteiger partial charge is 0.481 e. The normalized spacial score (nSPS) is 9.94. The summed E-state index contributed by atoms with van der Waals surface area (Å²) < 4.78 is 0.274. The van der Waals surface area contributed by atoms with Gasteiger partial charge in [-0.1, -0.05) is 0 Å². The summed E-state index contributed by atoms with van der Waals surface area (Å²) in [7, 11) is 0. The lowest BCUT2D eigenvalue weighted by Crippen LogP contribution is -2.25. The minimum Gasteiger partial charge on any atom is -0.481 e. The van der Waals surface area contributed by atoms with Crippen LogP contribution < -0.4 is 10.9 Å². The lowest BCUT2D eigenvalue weighted by molar-refractivity contribution is -0.137. The van der Waals surface area contributed by atoms with Crippen molar-refractivity contribution in [1.29, 1.82) is 0 Å². The summed E-state index contributed by atoms with van der Waals surface area (Å²) in [6.07, 6.45) is 1.68. The van der Waals surface area contributed by atoms with Crippen molar-refractivity contribution in [2.24, 2.45) is 0 Å². The molecule has 0 radical (unpaired) electrons. The standard InChI is InChI=1S/C10H11BrN2O4/c11-7-4-6(5-13-10(7)17)9(16)12-3-1-2-8(14)15/h4-5H,1-3H2,(H,12,16)(H,13,17)(H,14,15). The molecule has 0 aromatic carbocycles. The Balaban J connectivity index is 2.50. The fraction of sp³-hybridized carbons (Fsp3) is 0.300. The van der Waals surface area contributed by atoms with Gasteiger partial charge in [0.25, 0.3) is 11.5 Å². The molecule has 0 bridgehead atoms. The van der Waals surface area contributed by atoms with E-state index in [1.54, 1.807) is 0 Å². The Kier molecular flexibility index (Phi) is 4.89. The molecule has 1 rings (SSSR count). The first-order chi connectivity index (χ1) is 8.00. The lowest BCUT2D eigenvalue weighted by Gasteiger charge is -2.04. The maximum atomic E-state index is 11.6. The number of aromatic nitrogens is 1. The molecule has 3 N–H and O–H groups in total. The molecule has 0 aliphatic heterocycles. The highest BCUT2D eigenvalue weighted by atomic mass is 79.9. The predicted molar refractivity (Wildman–Crippen MR) is 64.0 cm³/mol. The summed E-state index contributed by atoms with van der Waals surface area (Å²) in [5.74, 6) is -1.25. The van der Waals surface area contributed by atoms with E-state index in [1.807, 2.05) is 0 Å². The Bertz CT molecular complexity index is 483. The van der Waals surface area contributed by atoms with Gasteiger partial charge in [0.05, 0.1) is 10.0 Å². The van der Waals surface area contributed by atoms with Crippen molar-refractivity contribution in [2.45, 2.75) is 12.8 Å². The van der Waals surface area contributed by atoms with E-state index in [1.165, 1.54) is 12.3 Å². The van der Waals surface area contributed by atoms with Gasteiger partial charge in [-0.2, -0.15) is 0 Å². The molecule has 0 saturated heterocycles. The average Bonchev–Trinajstić information content (AvgIpc) is 2.27. The first-order valence-corrected chi connectivity index (χ1v) is 5.68. The van der Waals surface area contributed by atoms with Crippen LogP contribution in [0.1, 0.15) is 23.2 Å². The van der Waals surface area contributed by atoms with Crippen LogP contribution in [0.4, 0.5) is 0 Å². The van der Waals surface area contributed by atoms with Crippen LogP contribution in [0.15, 0.2) is 21.5 Å². The molecule has 0 saturated carbocycles. The number of carboxylic acids is 1. The molecule has 0 atom stereocenters. The highest BCUT2D eigenvalue weighted by Gasteiger charge is 2.07. The average molecular weight is 303 g/mol. The second-order valence-electron chi connectivity index (χ2n) is 3.32. The quantitative estimate of drug-likeness (QED) is 0.698. The van der Waals surface area contributed by atoms with Crippen LogP contribution in [-0.4, -0.2) is 28.5 Å². The van der Waals surface area contributed by atoms with E-state index in [0.29, 0.717) is 12.0 Å². The zero-order chi connectivity index (χ0) is 12.8. The summed E-state index contributed by atoms with van der Waals surface area (Å²) in [5, 5.41) is 11.0. The molecule has 0 aliphatic rings. The molecular formula is C10H11BrN2O4. The van der Waals surface area contributed by atoms with Gasteiger partial charge in [-0.05, 0) is 28.4 Å². The third kappa shape index (κ3) is 4.39. The molecule has 0 fully saturated rings. The Morgan fingerprint density at radius 3 is 2.76 bits per heavy atom. The minimum absolute atomic E-state index is 0.00952. The number of carbonyl (C=O) groups is 2. The molecule has 1 aromatic rings. The number of pyridine rings is 1. The van der Waals surface area contributed by atoms with E-state index in [4.69, 9.17) is 5.11 Å². The van der Waals surface area contributed by atoms with Crippen molar-refractivity contribution in [3.63, 3.8) is 0 Å². The third-order valence-electron chi connectivity index (χ3n) is 1.97. The molecule has 7 heteroatoms. The number of aromatic amines is 1. The van der Waals surface area contributed by atoms with Crippen LogP contribution in [0.25, 0.3) is 0 Å². The van der Waals surface area contributed by atoms with Crippen molar-refractivity contribution in [2.75, 3.05) is 6.54 Å². The third-order valence-corrected chi connectivity index (χ3v) is 2.56. The molecule has 1 aromatic heterocycles. The molecule has 1 amide bonds. The lowest BCUT2D eigenvalue weighted by atomic mass is 10.2. The highest BCUT2D eigenvalue weighted by Crippen LogP contribution is 2.04. The zero-order valence-corrected chi connectivity index (χ0v) is 10.4. The fourth-order valence-corrected chi connectivity index (χ4v) is 1.49. The van der Waals surface area contributed by atoms with Crippen LogP contribution in [0.3, 0.4) is 0 Å².